The maximum Gasteiger partial charge on any atom is 0.335 e. The molecule has 0 fully saturated rings. The zero-order chi connectivity index (χ0) is 15.3. The molecule has 1 rings (SSSR count). The average Bonchev–Trinajstić information content (AvgIpc) is 2.36. The molecule has 20 heavy (non-hydrogen) atoms. The summed E-state index contributed by atoms with van der Waals surface area (Å²) in [5.74, 6) is -1.87. The monoisotopic (exact) mass is 299 g/mol. The van der Waals surface area contributed by atoms with Gasteiger partial charge in [-0.2, -0.15) is 0 Å². The Hall–Kier alpha value is -1.89. The first-order valence-electron chi connectivity index (χ1n) is 6.12. The van der Waals surface area contributed by atoms with Crippen LogP contribution in [0.2, 0.25) is 0 Å². The van der Waals surface area contributed by atoms with Crippen molar-refractivity contribution in [1.82, 2.24) is 5.32 Å². The van der Waals surface area contributed by atoms with E-state index in [9.17, 15) is 18.0 Å². The van der Waals surface area contributed by atoms with E-state index in [0.717, 1.165) is 0 Å². The third-order valence-electron chi connectivity index (χ3n) is 2.82. The van der Waals surface area contributed by atoms with Crippen molar-refractivity contribution in [3.8, 4) is 0 Å². The molecule has 1 aromatic carbocycles. The van der Waals surface area contributed by atoms with Gasteiger partial charge in [0.2, 0.25) is 5.91 Å². The molecule has 0 aromatic heterocycles. The minimum atomic E-state index is -3.68. The zero-order valence-electron chi connectivity index (χ0n) is 11.3. The lowest BCUT2D eigenvalue weighted by Crippen LogP contribution is -2.25. The van der Waals surface area contributed by atoms with Crippen LogP contribution in [0.4, 0.5) is 0 Å². The van der Waals surface area contributed by atoms with Crippen molar-refractivity contribution in [2.75, 3.05) is 12.3 Å². The van der Waals surface area contributed by atoms with Crippen LogP contribution in [0.5, 0.6) is 0 Å². The van der Waals surface area contributed by atoms with Gasteiger partial charge in [0.05, 0.1) is 16.2 Å². The second kappa shape index (κ2) is 6.51. The van der Waals surface area contributed by atoms with Crippen LogP contribution in [0.25, 0.3) is 0 Å². The van der Waals surface area contributed by atoms with Gasteiger partial charge in [-0.05, 0) is 31.5 Å². The van der Waals surface area contributed by atoms with Crippen LogP contribution < -0.4 is 5.32 Å². The predicted octanol–water partition coefficient (Wildman–Crippen LogP) is 0.993. The normalized spacial score (nSPS) is 11.1. The number of nitrogens with one attached hydrogen (secondary N) is 1. The quantitative estimate of drug-likeness (QED) is 0.816. The molecule has 0 aliphatic rings. The highest BCUT2D eigenvalue weighted by Crippen LogP contribution is 2.20. The lowest BCUT2D eigenvalue weighted by atomic mass is 10.1. The van der Waals surface area contributed by atoms with E-state index < -0.39 is 15.8 Å². The van der Waals surface area contributed by atoms with E-state index >= 15 is 0 Å². The first-order chi connectivity index (χ1) is 9.29. The molecule has 0 atom stereocenters. The molecular weight excluding hydrogens is 282 g/mol. The maximum atomic E-state index is 12.2. The lowest BCUT2D eigenvalue weighted by molar-refractivity contribution is -0.120. The van der Waals surface area contributed by atoms with E-state index in [-0.39, 0.29) is 34.1 Å². The van der Waals surface area contributed by atoms with Gasteiger partial charge >= 0.3 is 5.97 Å². The molecule has 1 amide bonds. The molecule has 0 heterocycles. The van der Waals surface area contributed by atoms with Crippen LogP contribution in [0.15, 0.2) is 23.1 Å². The summed E-state index contributed by atoms with van der Waals surface area (Å²) < 4.78 is 24.3. The Labute approximate surface area is 117 Å². The third-order valence-corrected chi connectivity index (χ3v) is 4.68. The van der Waals surface area contributed by atoms with Crippen LogP contribution in [0, 0.1) is 6.92 Å². The van der Waals surface area contributed by atoms with Gasteiger partial charge in [-0.25, -0.2) is 13.2 Å². The fourth-order valence-electron chi connectivity index (χ4n) is 1.81. The third kappa shape index (κ3) is 3.80. The van der Waals surface area contributed by atoms with E-state index in [1.807, 2.05) is 0 Å². The number of carboxylic acid groups (broad SMARTS) is 1. The minimum absolute atomic E-state index is 0.0401. The second-order valence-electron chi connectivity index (χ2n) is 4.26. The summed E-state index contributed by atoms with van der Waals surface area (Å²) in [6.45, 7) is 3.63. The standard InChI is InChI=1S/C13H17NO5S/c1-3-14-12(15)7-8-20(18,19)11-6-4-5-10(9(11)2)13(16)17/h4-6H,3,7-8H2,1-2H3,(H,14,15)(H,16,17). The van der Waals surface area contributed by atoms with Gasteiger partial charge < -0.3 is 10.4 Å². The molecule has 0 radical (unpaired) electrons. The number of aromatic carboxylic acids is 1. The highest BCUT2D eigenvalue weighted by atomic mass is 32.2. The molecule has 2 N–H and O–H groups in total. The number of hydrogen-bond donors (Lipinski definition) is 2. The number of benzene rings is 1. The smallest absolute Gasteiger partial charge is 0.335 e. The Kier molecular flexibility index (Phi) is 5.26. The van der Waals surface area contributed by atoms with E-state index in [1.54, 1.807) is 6.92 Å². The van der Waals surface area contributed by atoms with Crippen molar-refractivity contribution in [3.05, 3.63) is 29.3 Å². The fourth-order valence-corrected chi connectivity index (χ4v) is 3.34. The Balaban J connectivity index is 3.02. The van der Waals surface area contributed by atoms with Gasteiger partial charge in [-0.15, -0.1) is 0 Å². The van der Waals surface area contributed by atoms with Gasteiger partial charge in [0.25, 0.3) is 0 Å². The summed E-state index contributed by atoms with van der Waals surface area (Å²) in [4.78, 5) is 22.3. The topological polar surface area (TPSA) is 101 Å². The van der Waals surface area contributed by atoms with Gasteiger partial charge in [-0.1, -0.05) is 6.07 Å². The molecule has 0 saturated carbocycles. The molecule has 0 spiro atoms. The van der Waals surface area contributed by atoms with Crippen LogP contribution in [-0.2, 0) is 14.6 Å². The van der Waals surface area contributed by atoms with E-state index in [4.69, 9.17) is 5.11 Å². The maximum absolute atomic E-state index is 12.2. The average molecular weight is 299 g/mol. The summed E-state index contributed by atoms with van der Waals surface area (Å²) in [6.07, 6.45) is -0.146. The van der Waals surface area contributed by atoms with Crippen molar-refractivity contribution < 1.29 is 23.1 Å². The molecule has 1 aromatic rings. The SMILES string of the molecule is CCNC(=O)CCS(=O)(=O)c1cccc(C(=O)O)c1C. The molecular formula is C13H17NO5S. The summed E-state index contributed by atoms with van der Waals surface area (Å²) in [5, 5.41) is 11.5. The van der Waals surface area contributed by atoms with Gasteiger partial charge in [-0.3, -0.25) is 4.79 Å². The number of carbonyl (C=O) groups is 2. The minimum Gasteiger partial charge on any atom is -0.478 e. The van der Waals surface area contributed by atoms with Crippen LogP contribution >= 0.6 is 0 Å². The molecule has 110 valence electrons. The number of carbonyl (C=O) groups excluding carboxylic acids is 1. The number of sulfone groups is 1. The van der Waals surface area contributed by atoms with E-state index in [1.165, 1.54) is 25.1 Å². The fraction of sp³-hybridized carbons (Fsp3) is 0.385. The summed E-state index contributed by atoms with van der Waals surface area (Å²) >= 11 is 0. The highest BCUT2D eigenvalue weighted by Gasteiger charge is 2.21. The highest BCUT2D eigenvalue weighted by molar-refractivity contribution is 7.91. The first kappa shape index (κ1) is 16.2. The van der Waals surface area contributed by atoms with Gasteiger partial charge in [0, 0.05) is 13.0 Å². The summed E-state index contributed by atoms with van der Waals surface area (Å²) in [6, 6.07) is 4.09. The first-order valence-corrected chi connectivity index (χ1v) is 7.77. The summed E-state index contributed by atoms with van der Waals surface area (Å²) in [7, 11) is -3.68. The Morgan fingerprint density at radius 2 is 1.95 bits per heavy atom. The van der Waals surface area contributed by atoms with Gasteiger partial charge in [0.15, 0.2) is 9.84 Å². The lowest BCUT2D eigenvalue weighted by Gasteiger charge is -2.09. The van der Waals surface area contributed by atoms with Crippen LogP contribution in [0.1, 0.15) is 29.3 Å². The Morgan fingerprint density at radius 3 is 2.50 bits per heavy atom. The number of amides is 1. The van der Waals surface area contributed by atoms with Crippen molar-refractivity contribution >= 4 is 21.7 Å². The molecule has 0 unspecified atom stereocenters. The number of hydrogen-bond acceptors (Lipinski definition) is 4. The molecule has 7 heteroatoms. The van der Waals surface area contributed by atoms with Crippen LogP contribution in [-0.4, -0.2) is 37.7 Å². The second-order valence-corrected chi connectivity index (χ2v) is 6.33. The van der Waals surface area contributed by atoms with Crippen LogP contribution in [0.3, 0.4) is 0 Å². The molecule has 0 aliphatic heterocycles. The Morgan fingerprint density at radius 1 is 1.30 bits per heavy atom. The van der Waals surface area contributed by atoms with E-state index in [0.29, 0.717) is 6.54 Å². The molecule has 0 aliphatic carbocycles. The van der Waals surface area contributed by atoms with Crippen molar-refractivity contribution in [1.29, 1.82) is 0 Å². The number of carboxylic acids is 1. The van der Waals surface area contributed by atoms with Crippen molar-refractivity contribution in [2.24, 2.45) is 0 Å². The Bertz CT molecular complexity index is 622. The zero-order valence-corrected chi connectivity index (χ0v) is 12.2. The van der Waals surface area contributed by atoms with Gasteiger partial charge in [0.1, 0.15) is 0 Å². The molecule has 0 bridgehead atoms. The van der Waals surface area contributed by atoms with E-state index in [2.05, 4.69) is 5.32 Å². The number of rotatable bonds is 6. The predicted molar refractivity (Wildman–Crippen MR) is 73.5 cm³/mol. The molecule has 0 saturated heterocycles. The van der Waals surface area contributed by atoms with Crippen molar-refractivity contribution in [3.63, 3.8) is 0 Å². The molecule has 6 nitrogen and oxygen atoms in total. The van der Waals surface area contributed by atoms with Crippen molar-refractivity contribution in [2.45, 2.75) is 25.2 Å². The largest absolute Gasteiger partial charge is 0.478 e. The summed E-state index contributed by atoms with van der Waals surface area (Å²) in [5.41, 5.74) is 0.139.